The second-order valence-corrected chi connectivity index (χ2v) is 13.3. The molecule has 224 valence electrons. The monoisotopic (exact) mass is 628 g/mol. The molecule has 42 heavy (non-hydrogen) atoms. The number of anilines is 1. The molecule has 0 fully saturated rings. The Bertz CT molecular complexity index is 1490. The first-order chi connectivity index (χ1) is 20.2. The molecule has 2 aromatic rings. The van der Waals surface area contributed by atoms with Crippen LogP contribution >= 0.6 is 23.4 Å². The lowest BCUT2D eigenvalue weighted by Gasteiger charge is -2.26. The lowest BCUT2D eigenvalue weighted by Crippen LogP contribution is -2.36. The van der Waals surface area contributed by atoms with Gasteiger partial charge in [-0.05, 0) is 55.4 Å². The maximum absolute atomic E-state index is 13.2. The number of amides is 1. The molecule has 7 nitrogen and oxygen atoms in total. The first-order valence-corrected chi connectivity index (χ1v) is 17.2. The summed E-state index contributed by atoms with van der Waals surface area (Å²) in [4.78, 5) is 30.4. The van der Waals surface area contributed by atoms with Crippen LogP contribution in [0.3, 0.4) is 0 Å². The van der Waals surface area contributed by atoms with Gasteiger partial charge in [-0.2, -0.15) is 8.42 Å². The Hall–Kier alpha value is -2.85. The van der Waals surface area contributed by atoms with Gasteiger partial charge in [0.2, 0.25) is 5.91 Å². The Morgan fingerprint density at radius 1 is 1.10 bits per heavy atom. The first kappa shape index (κ1) is 32.1. The van der Waals surface area contributed by atoms with Crippen LogP contribution in [0, 0.1) is 0 Å². The molecule has 2 aromatic carbocycles. The van der Waals surface area contributed by atoms with Crippen LogP contribution in [0.15, 0.2) is 88.3 Å². The van der Waals surface area contributed by atoms with Gasteiger partial charge in [-0.15, -0.1) is 11.6 Å². The van der Waals surface area contributed by atoms with Crippen LogP contribution in [-0.2, 0) is 14.9 Å². The molecule has 1 amide bonds. The minimum Gasteiger partial charge on any atom is -0.342 e. The summed E-state index contributed by atoms with van der Waals surface area (Å²) in [5.41, 5.74) is 3.89. The Labute approximate surface area is 258 Å². The summed E-state index contributed by atoms with van der Waals surface area (Å²) in [5.74, 6) is -0.395. The smallest absolute Gasteiger partial charge is 0.264 e. The minimum atomic E-state index is -4.09. The van der Waals surface area contributed by atoms with Gasteiger partial charge in [0.05, 0.1) is 16.5 Å². The number of ketones is 1. The van der Waals surface area contributed by atoms with Gasteiger partial charge in [0.25, 0.3) is 10.1 Å². The quantitative estimate of drug-likeness (QED) is 0.148. The van der Waals surface area contributed by atoms with Crippen molar-refractivity contribution in [1.82, 2.24) is 4.90 Å². The van der Waals surface area contributed by atoms with E-state index in [-0.39, 0.29) is 30.5 Å². The number of alkyl halides is 1. The summed E-state index contributed by atoms with van der Waals surface area (Å²) in [5, 5.41) is 1.04. The number of para-hydroxylation sites is 1. The molecule has 1 atom stereocenters. The fourth-order valence-corrected chi connectivity index (χ4v) is 7.24. The number of hydrogen-bond acceptors (Lipinski definition) is 6. The van der Waals surface area contributed by atoms with Crippen LogP contribution in [0.4, 0.5) is 5.69 Å². The molecule has 2 aliphatic rings. The van der Waals surface area contributed by atoms with Crippen molar-refractivity contribution in [3.05, 3.63) is 94.6 Å². The highest BCUT2D eigenvalue weighted by atomic mass is 35.5. The van der Waals surface area contributed by atoms with Crippen molar-refractivity contribution in [2.75, 3.05) is 36.2 Å². The molecule has 1 unspecified atom stereocenters. The lowest BCUT2D eigenvalue weighted by molar-refractivity contribution is -0.128. The molecule has 0 saturated carbocycles. The number of rotatable bonds is 13. The number of fused-ring (bicyclic) bond motifs is 2. The van der Waals surface area contributed by atoms with Gasteiger partial charge in [-0.3, -0.25) is 14.1 Å². The van der Waals surface area contributed by atoms with Crippen LogP contribution in [-0.4, -0.2) is 60.8 Å². The maximum Gasteiger partial charge on any atom is 0.264 e. The SMILES string of the molecule is CCCC1C/C(=C/C=C/C=C2\Sc3ccccc3N2CCCN(CCCS(=O)(=O)O)C(=O)CCl)C(=O)c2ccccc21. The van der Waals surface area contributed by atoms with Crippen molar-refractivity contribution in [3.63, 3.8) is 0 Å². The fourth-order valence-electron chi connectivity index (χ4n) is 5.47. The van der Waals surface area contributed by atoms with Crippen molar-refractivity contribution in [3.8, 4) is 0 Å². The van der Waals surface area contributed by atoms with E-state index >= 15 is 0 Å². The number of thioether (sulfide) groups is 1. The van der Waals surface area contributed by atoms with E-state index in [1.165, 1.54) is 0 Å². The Morgan fingerprint density at radius 3 is 2.57 bits per heavy atom. The van der Waals surface area contributed by atoms with Gasteiger partial charge in [-0.25, -0.2) is 0 Å². The molecular formula is C32H37ClN2O5S2. The van der Waals surface area contributed by atoms with E-state index in [9.17, 15) is 18.0 Å². The van der Waals surface area contributed by atoms with Crippen molar-refractivity contribution in [2.45, 2.75) is 49.8 Å². The molecule has 0 saturated heterocycles. The molecule has 0 aromatic heterocycles. The largest absolute Gasteiger partial charge is 0.342 e. The van der Waals surface area contributed by atoms with Crippen LogP contribution in [0.1, 0.15) is 60.9 Å². The number of Topliss-reactive ketones (excluding diaryl/α,β-unsaturated/α-hetero) is 1. The zero-order chi connectivity index (χ0) is 30.1. The number of benzene rings is 2. The highest BCUT2D eigenvalue weighted by molar-refractivity contribution is 8.03. The third-order valence-corrected chi connectivity index (χ3v) is 9.60. The molecule has 0 radical (unpaired) electrons. The number of allylic oxidation sites excluding steroid dienone is 5. The number of hydrogen-bond donors (Lipinski definition) is 1. The normalized spacial score (nSPS) is 18.6. The van der Waals surface area contributed by atoms with Gasteiger partial charge in [0, 0.05) is 35.7 Å². The van der Waals surface area contributed by atoms with Crippen LogP contribution in [0.2, 0.25) is 0 Å². The van der Waals surface area contributed by atoms with Crippen LogP contribution in [0.25, 0.3) is 0 Å². The third kappa shape index (κ3) is 8.37. The highest BCUT2D eigenvalue weighted by Crippen LogP contribution is 2.45. The molecule has 0 spiro atoms. The molecular weight excluding hydrogens is 592 g/mol. The standard InChI is InChI=1S/C32H37ClN2O5S2/c1-2-11-24-22-25(32(37)27-14-5-4-13-26(24)27)12-3-8-17-31-35(28-15-6-7-16-29(28)41-31)20-9-18-34(30(36)23-33)19-10-21-42(38,39)40/h3-8,12-17,24H,2,9-11,18-23H2,1H3,(H,38,39,40)/b8-3+,25-12-,31-17-. The predicted octanol–water partition coefficient (Wildman–Crippen LogP) is 6.83. The van der Waals surface area contributed by atoms with Gasteiger partial charge < -0.3 is 9.80 Å². The minimum absolute atomic E-state index is 0.104. The molecule has 1 aliphatic carbocycles. The highest BCUT2D eigenvalue weighted by Gasteiger charge is 2.28. The topological polar surface area (TPSA) is 95.0 Å². The Morgan fingerprint density at radius 2 is 1.81 bits per heavy atom. The van der Waals surface area contributed by atoms with Gasteiger partial charge in [0.1, 0.15) is 5.88 Å². The lowest BCUT2D eigenvalue weighted by atomic mass is 9.77. The molecule has 10 heteroatoms. The molecule has 1 N–H and O–H groups in total. The summed E-state index contributed by atoms with van der Waals surface area (Å²) >= 11 is 7.45. The zero-order valence-electron chi connectivity index (χ0n) is 23.7. The average Bonchev–Trinajstić information content (AvgIpc) is 3.32. The number of halogens is 1. The molecule has 1 aliphatic heterocycles. The predicted molar refractivity (Wildman–Crippen MR) is 171 cm³/mol. The molecule has 4 rings (SSSR count). The molecule has 0 bridgehead atoms. The van der Waals surface area contributed by atoms with Crippen molar-refractivity contribution >= 4 is 50.9 Å². The average molecular weight is 629 g/mol. The second kappa shape index (κ2) is 15.0. The van der Waals surface area contributed by atoms with E-state index in [1.54, 1.807) is 16.7 Å². The van der Waals surface area contributed by atoms with Gasteiger partial charge in [0.15, 0.2) is 5.78 Å². The number of carbonyl (C=O) groups is 2. The van der Waals surface area contributed by atoms with E-state index in [0.717, 1.165) is 51.6 Å². The van der Waals surface area contributed by atoms with Gasteiger partial charge >= 0.3 is 0 Å². The van der Waals surface area contributed by atoms with Crippen LogP contribution < -0.4 is 4.90 Å². The van der Waals surface area contributed by atoms with Crippen molar-refractivity contribution < 1.29 is 22.6 Å². The Kier molecular flexibility index (Phi) is 11.5. The third-order valence-electron chi connectivity index (χ3n) is 7.43. The fraction of sp³-hybridized carbons (Fsp3) is 0.375. The van der Waals surface area contributed by atoms with Crippen LogP contribution in [0.5, 0.6) is 0 Å². The summed E-state index contributed by atoms with van der Waals surface area (Å²) < 4.78 is 31.2. The second-order valence-electron chi connectivity index (χ2n) is 10.4. The van der Waals surface area contributed by atoms with Gasteiger partial charge in [-0.1, -0.05) is 79.7 Å². The van der Waals surface area contributed by atoms with E-state index < -0.39 is 15.9 Å². The zero-order valence-corrected chi connectivity index (χ0v) is 26.1. The number of nitrogens with zero attached hydrogens (tertiary/aromatic N) is 2. The Balaban J connectivity index is 1.45. The number of carbonyl (C=O) groups excluding carboxylic acids is 2. The first-order valence-electron chi connectivity index (χ1n) is 14.3. The summed E-state index contributed by atoms with van der Waals surface area (Å²) in [7, 11) is -4.09. The van der Waals surface area contributed by atoms with E-state index in [1.807, 2.05) is 54.6 Å². The summed E-state index contributed by atoms with van der Waals surface area (Å²) in [6.07, 6.45) is 11.5. The maximum atomic E-state index is 13.2. The van der Waals surface area contributed by atoms with E-state index in [4.69, 9.17) is 16.2 Å². The molecule has 1 heterocycles. The summed E-state index contributed by atoms with van der Waals surface area (Å²) in [6.45, 7) is 3.44. The van der Waals surface area contributed by atoms with Crippen molar-refractivity contribution in [2.24, 2.45) is 0 Å². The van der Waals surface area contributed by atoms with Crippen molar-refractivity contribution in [1.29, 1.82) is 0 Å². The van der Waals surface area contributed by atoms with E-state index in [2.05, 4.69) is 30.0 Å². The van der Waals surface area contributed by atoms with E-state index in [0.29, 0.717) is 25.4 Å². The summed E-state index contributed by atoms with van der Waals surface area (Å²) in [6, 6.07) is 16.1.